The van der Waals surface area contributed by atoms with Gasteiger partial charge in [-0.1, -0.05) is 65.3 Å². The predicted molar refractivity (Wildman–Crippen MR) is 131 cm³/mol. The highest BCUT2D eigenvalue weighted by atomic mass is 35.5. The minimum Gasteiger partial charge on any atom is -0.345 e. The summed E-state index contributed by atoms with van der Waals surface area (Å²) in [4.78, 5) is 13.7. The summed E-state index contributed by atoms with van der Waals surface area (Å²) in [5.74, 6) is 1.31. The van der Waals surface area contributed by atoms with Gasteiger partial charge in [-0.05, 0) is 48.0 Å². The molecule has 162 valence electrons. The Labute approximate surface area is 201 Å². The first-order valence-corrected chi connectivity index (χ1v) is 11.6. The predicted octanol–water partition coefficient (Wildman–Crippen LogP) is 6.24. The van der Waals surface area contributed by atoms with Crippen molar-refractivity contribution in [2.45, 2.75) is 10.9 Å². The van der Waals surface area contributed by atoms with Gasteiger partial charge in [-0.15, -0.1) is 10.2 Å². The number of carbonyl (C=O) groups is 1. The molecule has 0 fully saturated rings. The van der Waals surface area contributed by atoms with Gasteiger partial charge >= 0.3 is 0 Å². The van der Waals surface area contributed by atoms with Crippen LogP contribution in [0.4, 0.5) is 0 Å². The molecule has 0 spiro atoms. The molecular formula is C24H20Cl2N4OS. The zero-order chi connectivity index (χ0) is 22.7. The maximum Gasteiger partial charge on any atom is 0.253 e. The number of hydrogen-bond donors (Lipinski definition) is 0. The van der Waals surface area contributed by atoms with E-state index in [1.165, 1.54) is 0 Å². The molecule has 0 bridgehead atoms. The Bertz CT molecular complexity index is 1240. The van der Waals surface area contributed by atoms with Crippen molar-refractivity contribution in [2.24, 2.45) is 0 Å². The van der Waals surface area contributed by atoms with Crippen molar-refractivity contribution in [1.82, 2.24) is 19.7 Å². The Kier molecular flexibility index (Phi) is 6.84. The summed E-state index contributed by atoms with van der Waals surface area (Å²) in [6.07, 6.45) is 0. The van der Waals surface area contributed by atoms with Crippen LogP contribution >= 0.6 is 35.0 Å². The lowest BCUT2D eigenvalue weighted by atomic mass is 10.1. The first-order chi connectivity index (χ1) is 15.4. The van der Waals surface area contributed by atoms with Gasteiger partial charge in [0, 0.05) is 41.7 Å². The van der Waals surface area contributed by atoms with Crippen LogP contribution in [0.25, 0.3) is 17.1 Å². The van der Waals surface area contributed by atoms with Gasteiger partial charge in [-0.2, -0.15) is 0 Å². The number of thioether (sulfide) groups is 1. The van der Waals surface area contributed by atoms with Gasteiger partial charge in [-0.3, -0.25) is 9.36 Å². The Morgan fingerprint density at radius 3 is 2.34 bits per heavy atom. The van der Waals surface area contributed by atoms with E-state index in [4.69, 9.17) is 23.2 Å². The van der Waals surface area contributed by atoms with Crippen LogP contribution < -0.4 is 0 Å². The number of nitrogens with zero attached hydrogens (tertiary/aromatic N) is 4. The lowest BCUT2D eigenvalue weighted by Crippen LogP contribution is -2.21. The van der Waals surface area contributed by atoms with E-state index in [1.54, 1.807) is 42.9 Å². The minimum atomic E-state index is -0.0162. The quantitative estimate of drug-likeness (QED) is 0.305. The fraction of sp³-hybridized carbons (Fsp3) is 0.125. The summed E-state index contributed by atoms with van der Waals surface area (Å²) < 4.78 is 1.99. The monoisotopic (exact) mass is 482 g/mol. The van der Waals surface area contributed by atoms with Crippen molar-refractivity contribution in [3.05, 3.63) is 94.0 Å². The normalized spacial score (nSPS) is 10.9. The molecule has 0 atom stereocenters. The molecule has 8 heteroatoms. The molecule has 1 amide bonds. The van der Waals surface area contributed by atoms with Crippen LogP contribution in [-0.2, 0) is 5.75 Å². The van der Waals surface area contributed by atoms with E-state index in [0.29, 0.717) is 27.2 Å². The first-order valence-electron chi connectivity index (χ1n) is 9.83. The molecule has 0 unspecified atom stereocenters. The van der Waals surface area contributed by atoms with Gasteiger partial charge in [-0.25, -0.2) is 0 Å². The molecule has 1 heterocycles. The van der Waals surface area contributed by atoms with E-state index >= 15 is 0 Å². The fourth-order valence-electron chi connectivity index (χ4n) is 3.17. The van der Waals surface area contributed by atoms with E-state index in [1.807, 2.05) is 65.2 Å². The fourth-order valence-corrected chi connectivity index (χ4v) is 4.57. The number of hydrogen-bond acceptors (Lipinski definition) is 4. The highest BCUT2D eigenvalue weighted by molar-refractivity contribution is 7.98. The van der Waals surface area contributed by atoms with Crippen LogP contribution in [-0.4, -0.2) is 39.7 Å². The van der Waals surface area contributed by atoms with Gasteiger partial charge in [0.15, 0.2) is 11.0 Å². The molecular weight excluding hydrogens is 463 g/mol. The van der Waals surface area contributed by atoms with Crippen LogP contribution in [0.3, 0.4) is 0 Å². The van der Waals surface area contributed by atoms with Crippen molar-refractivity contribution in [1.29, 1.82) is 0 Å². The number of amides is 1. The van der Waals surface area contributed by atoms with Crippen LogP contribution in [0.15, 0.2) is 78.0 Å². The molecule has 0 aliphatic rings. The molecule has 5 nitrogen and oxygen atoms in total. The Morgan fingerprint density at radius 2 is 1.69 bits per heavy atom. The largest absolute Gasteiger partial charge is 0.345 e. The average Bonchev–Trinajstić information content (AvgIpc) is 3.21. The molecule has 0 aliphatic heterocycles. The lowest BCUT2D eigenvalue weighted by Gasteiger charge is -2.12. The second kappa shape index (κ2) is 9.77. The third-order valence-electron chi connectivity index (χ3n) is 4.79. The summed E-state index contributed by atoms with van der Waals surface area (Å²) >= 11 is 14.1. The molecule has 3 aromatic carbocycles. The minimum absolute atomic E-state index is 0.0162. The topological polar surface area (TPSA) is 51.0 Å². The zero-order valence-corrected chi connectivity index (χ0v) is 19.8. The van der Waals surface area contributed by atoms with Gasteiger partial charge in [0.2, 0.25) is 0 Å². The molecule has 4 aromatic rings. The third-order valence-corrected chi connectivity index (χ3v) is 6.34. The number of para-hydroxylation sites is 1. The molecule has 0 saturated heterocycles. The number of aromatic nitrogens is 3. The maximum atomic E-state index is 12.1. The standard InChI is InChI=1S/C24H20Cl2N4OS/c1-29(2)23(31)17-10-8-16(9-11-17)15-32-24-28-27-22(20-13-12-18(25)14-21(20)26)30(24)19-6-4-3-5-7-19/h3-14H,15H2,1-2H3. The second-order valence-corrected chi connectivity index (χ2v) is 9.07. The highest BCUT2D eigenvalue weighted by Gasteiger charge is 2.18. The van der Waals surface area contributed by atoms with Crippen LogP contribution in [0, 0.1) is 0 Å². The second-order valence-electron chi connectivity index (χ2n) is 7.29. The summed E-state index contributed by atoms with van der Waals surface area (Å²) in [7, 11) is 3.49. The van der Waals surface area contributed by atoms with Crippen molar-refractivity contribution in [3.63, 3.8) is 0 Å². The van der Waals surface area contributed by atoms with E-state index < -0.39 is 0 Å². The van der Waals surface area contributed by atoms with Crippen LogP contribution in [0.1, 0.15) is 15.9 Å². The van der Waals surface area contributed by atoms with Gasteiger partial charge in [0.1, 0.15) is 0 Å². The smallest absolute Gasteiger partial charge is 0.253 e. The number of rotatable bonds is 6. The summed E-state index contributed by atoms with van der Waals surface area (Å²) in [5, 5.41) is 10.7. The molecule has 32 heavy (non-hydrogen) atoms. The van der Waals surface area contributed by atoms with Crippen LogP contribution in [0.5, 0.6) is 0 Å². The zero-order valence-electron chi connectivity index (χ0n) is 17.5. The van der Waals surface area contributed by atoms with Crippen LogP contribution in [0.2, 0.25) is 10.0 Å². The van der Waals surface area contributed by atoms with Gasteiger partial charge in [0.25, 0.3) is 5.91 Å². The Morgan fingerprint density at radius 1 is 0.969 bits per heavy atom. The highest BCUT2D eigenvalue weighted by Crippen LogP contribution is 2.34. The average molecular weight is 483 g/mol. The summed E-state index contributed by atoms with van der Waals surface area (Å²) in [5.41, 5.74) is 3.44. The van der Waals surface area contributed by atoms with Gasteiger partial charge in [0.05, 0.1) is 5.02 Å². The van der Waals surface area contributed by atoms with Crippen molar-refractivity contribution in [3.8, 4) is 17.1 Å². The molecule has 4 rings (SSSR count). The van der Waals surface area contributed by atoms with E-state index in [2.05, 4.69) is 10.2 Å². The Balaban J connectivity index is 1.65. The van der Waals surface area contributed by atoms with E-state index in [0.717, 1.165) is 22.0 Å². The van der Waals surface area contributed by atoms with Crippen molar-refractivity contribution >= 4 is 40.9 Å². The van der Waals surface area contributed by atoms with E-state index in [-0.39, 0.29) is 5.91 Å². The van der Waals surface area contributed by atoms with Crippen molar-refractivity contribution < 1.29 is 4.79 Å². The van der Waals surface area contributed by atoms with Crippen molar-refractivity contribution in [2.75, 3.05) is 14.1 Å². The summed E-state index contributed by atoms with van der Waals surface area (Å²) in [6, 6.07) is 22.9. The Hall–Kier alpha value is -2.80. The number of halogens is 2. The lowest BCUT2D eigenvalue weighted by molar-refractivity contribution is 0.0827. The molecule has 0 aliphatic carbocycles. The third kappa shape index (κ3) is 4.83. The molecule has 0 radical (unpaired) electrons. The first kappa shape index (κ1) is 22.4. The SMILES string of the molecule is CN(C)C(=O)c1ccc(CSc2nnc(-c3ccc(Cl)cc3Cl)n2-c2ccccc2)cc1. The summed E-state index contributed by atoms with van der Waals surface area (Å²) in [6.45, 7) is 0. The molecule has 0 N–H and O–H groups in total. The van der Waals surface area contributed by atoms with E-state index in [9.17, 15) is 4.79 Å². The molecule has 0 saturated carbocycles. The number of benzene rings is 3. The molecule has 1 aromatic heterocycles. The number of carbonyl (C=O) groups excluding carboxylic acids is 1. The maximum absolute atomic E-state index is 12.1. The van der Waals surface area contributed by atoms with Gasteiger partial charge < -0.3 is 4.90 Å².